The van der Waals surface area contributed by atoms with Gasteiger partial charge in [-0.05, 0) is 37.5 Å². The van der Waals surface area contributed by atoms with Crippen LogP contribution in [0.1, 0.15) is 70.8 Å². The van der Waals surface area contributed by atoms with Gasteiger partial charge < -0.3 is 4.90 Å². The number of amides is 1. The molecule has 0 aliphatic carbocycles. The van der Waals surface area contributed by atoms with Crippen LogP contribution in [0.15, 0.2) is 48.8 Å². The van der Waals surface area contributed by atoms with Crippen molar-refractivity contribution in [1.29, 1.82) is 0 Å². The summed E-state index contributed by atoms with van der Waals surface area (Å²) >= 11 is 0. The summed E-state index contributed by atoms with van der Waals surface area (Å²) in [5, 5.41) is 0. The lowest BCUT2D eigenvalue weighted by molar-refractivity contribution is -0.126. The molecular formula is C22H34N2O. The number of carbonyl (C=O) groups excluding carboxylic acids is 1. The van der Waals surface area contributed by atoms with Crippen molar-refractivity contribution in [3.05, 3.63) is 54.4 Å². The number of hydrogen-bond donors (Lipinski definition) is 0. The van der Waals surface area contributed by atoms with Crippen molar-refractivity contribution >= 4 is 5.91 Å². The molecular weight excluding hydrogens is 308 g/mol. The van der Waals surface area contributed by atoms with E-state index in [0.717, 1.165) is 12.0 Å². The van der Waals surface area contributed by atoms with Crippen molar-refractivity contribution in [1.82, 2.24) is 9.88 Å². The number of likely N-dealkylation sites (N-methyl/N-ethyl adjacent to an activating group) is 1. The van der Waals surface area contributed by atoms with E-state index in [1.807, 2.05) is 36.1 Å². The monoisotopic (exact) mass is 342 g/mol. The van der Waals surface area contributed by atoms with E-state index in [1.54, 1.807) is 18.5 Å². The maximum absolute atomic E-state index is 12.2. The van der Waals surface area contributed by atoms with Crippen LogP contribution in [0.25, 0.3) is 0 Å². The highest BCUT2D eigenvalue weighted by atomic mass is 16.2. The van der Waals surface area contributed by atoms with E-state index in [4.69, 9.17) is 0 Å². The SMILES string of the molecule is CCCCCCCCC/C=C/C=C/C(=O)N(CC)Cc1ccncc1. The highest BCUT2D eigenvalue weighted by Crippen LogP contribution is 2.08. The molecule has 0 spiro atoms. The molecule has 0 N–H and O–H groups in total. The number of hydrogen-bond acceptors (Lipinski definition) is 2. The number of nitrogens with zero attached hydrogens (tertiary/aromatic N) is 2. The Morgan fingerprint density at radius 3 is 2.36 bits per heavy atom. The third kappa shape index (κ3) is 10.5. The van der Waals surface area contributed by atoms with Crippen LogP contribution in [0, 0.1) is 0 Å². The molecule has 0 unspecified atom stereocenters. The Morgan fingerprint density at radius 2 is 1.68 bits per heavy atom. The number of rotatable bonds is 13. The van der Waals surface area contributed by atoms with Gasteiger partial charge in [-0.1, -0.05) is 63.7 Å². The van der Waals surface area contributed by atoms with Crippen molar-refractivity contribution in [3.8, 4) is 0 Å². The molecule has 3 heteroatoms. The van der Waals surface area contributed by atoms with Gasteiger partial charge >= 0.3 is 0 Å². The molecule has 1 heterocycles. The number of aromatic nitrogens is 1. The van der Waals surface area contributed by atoms with E-state index in [2.05, 4.69) is 18.0 Å². The number of pyridine rings is 1. The van der Waals surface area contributed by atoms with Gasteiger partial charge in [0.25, 0.3) is 0 Å². The quantitative estimate of drug-likeness (QED) is 0.262. The van der Waals surface area contributed by atoms with Gasteiger partial charge in [0.15, 0.2) is 0 Å². The molecule has 0 bridgehead atoms. The molecule has 1 aromatic rings. The van der Waals surface area contributed by atoms with Gasteiger partial charge in [-0.25, -0.2) is 0 Å². The third-order valence-corrected chi connectivity index (χ3v) is 4.28. The predicted molar refractivity (Wildman–Crippen MR) is 106 cm³/mol. The molecule has 0 aliphatic heterocycles. The van der Waals surface area contributed by atoms with Gasteiger partial charge in [-0.15, -0.1) is 0 Å². The highest BCUT2D eigenvalue weighted by molar-refractivity contribution is 5.87. The summed E-state index contributed by atoms with van der Waals surface area (Å²) in [6.45, 7) is 5.59. The first kappa shape index (κ1) is 21.1. The molecule has 3 nitrogen and oxygen atoms in total. The van der Waals surface area contributed by atoms with Gasteiger partial charge in [0.2, 0.25) is 5.91 Å². The molecule has 1 aromatic heterocycles. The molecule has 0 aliphatic rings. The Balaban J connectivity index is 2.19. The number of carbonyl (C=O) groups is 1. The van der Waals surface area contributed by atoms with Gasteiger partial charge in [-0.2, -0.15) is 0 Å². The van der Waals surface area contributed by atoms with Gasteiger partial charge in [0.05, 0.1) is 0 Å². The molecule has 25 heavy (non-hydrogen) atoms. The lowest BCUT2D eigenvalue weighted by atomic mass is 10.1. The Kier molecular flexibility index (Phi) is 12.2. The first-order valence-electron chi connectivity index (χ1n) is 9.79. The van der Waals surface area contributed by atoms with Crippen LogP contribution in [-0.2, 0) is 11.3 Å². The zero-order valence-corrected chi connectivity index (χ0v) is 16.0. The van der Waals surface area contributed by atoms with Crippen LogP contribution < -0.4 is 0 Å². The average Bonchev–Trinajstić information content (AvgIpc) is 2.64. The van der Waals surface area contributed by atoms with Crippen molar-refractivity contribution in [2.24, 2.45) is 0 Å². The lowest BCUT2D eigenvalue weighted by Gasteiger charge is -2.18. The third-order valence-electron chi connectivity index (χ3n) is 4.28. The number of unbranched alkanes of at least 4 members (excludes halogenated alkanes) is 7. The van der Waals surface area contributed by atoms with Crippen molar-refractivity contribution in [2.75, 3.05) is 6.54 Å². The normalized spacial score (nSPS) is 11.4. The summed E-state index contributed by atoms with van der Waals surface area (Å²) in [7, 11) is 0. The van der Waals surface area contributed by atoms with Gasteiger partial charge in [0.1, 0.15) is 0 Å². The summed E-state index contributed by atoms with van der Waals surface area (Å²) in [5.74, 6) is 0.0555. The standard InChI is InChI=1S/C22H34N2O/c1-3-5-6-7-8-9-10-11-12-13-14-15-22(25)24(4-2)20-21-16-18-23-19-17-21/h12-19H,3-11,20H2,1-2H3/b13-12+,15-14+. The second-order valence-corrected chi connectivity index (χ2v) is 6.41. The molecule has 0 radical (unpaired) electrons. The van der Waals surface area contributed by atoms with Crippen LogP contribution in [0.5, 0.6) is 0 Å². The molecule has 1 amide bonds. The van der Waals surface area contributed by atoms with Crippen LogP contribution >= 0.6 is 0 Å². The van der Waals surface area contributed by atoms with E-state index >= 15 is 0 Å². The number of allylic oxidation sites excluding steroid dienone is 3. The second-order valence-electron chi connectivity index (χ2n) is 6.41. The topological polar surface area (TPSA) is 33.2 Å². The smallest absolute Gasteiger partial charge is 0.246 e. The van der Waals surface area contributed by atoms with Gasteiger partial charge in [0, 0.05) is 31.6 Å². The lowest BCUT2D eigenvalue weighted by Crippen LogP contribution is -2.28. The second kappa shape index (κ2) is 14.4. The molecule has 0 saturated heterocycles. The van der Waals surface area contributed by atoms with Crippen molar-refractivity contribution < 1.29 is 4.79 Å². The minimum absolute atomic E-state index is 0.0555. The Labute approximate surface area is 153 Å². The molecule has 1 rings (SSSR count). The Hall–Kier alpha value is -1.90. The maximum Gasteiger partial charge on any atom is 0.246 e. The summed E-state index contributed by atoms with van der Waals surface area (Å²) in [5.41, 5.74) is 1.10. The predicted octanol–water partition coefficient (Wildman–Crippen LogP) is 5.68. The van der Waals surface area contributed by atoms with Crippen LogP contribution in [0.3, 0.4) is 0 Å². The summed E-state index contributed by atoms with van der Waals surface area (Å²) in [6.07, 6.45) is 21.6. The fraction of sp³-hybridized carbons (Fsp3) is 0.545. The molecule has 138 valence electrons. The molecule has 0 aromatic carbocycles. The zero-order valence-electron chi connectivity index (χ0n) is 16.0. The molecule has 0 atom stereocenters. The van der Waals surface area contributed by atoms with E-state index < -0.39 is 0 Å². The van der Waals surface area contributed by atoms with Crippen LogP contribution in [0.4, 0.5) is 0 Å². The largest absolute Gasteiger partial charge is 0.335 e. The minimum Gasteiger partial charge on any atom is -0.335 e. The van der Waals surface area contributed by atoms with Crippen molar-refractivity contribution in [3.63, 3.8) is 0 Å². The fourth-order valence-corrected chi connectivity index (χ4v) is 2.69. The maximum atomic E-state index is 12.2. The first-order chi connectivity index (χ1) is 12.3. The first-order valence-corrected chi connectivity index (χ1v) is 9.79. The van der Waals surface area contributed by atoms with Crippen LogP contribution in [0.2, 0.25) is 0 Å². The summed E-state index contributed by atoms with van der Waals surface area (Å²) in [6, 6.07) is 3.89. The Bertz CT molecular complexity index is 508. The fourth-order valence-electron chi connectivity index (χ4n) is 2.69. The molecule has 0 fully saturated rings. The van der Waals surface area contributed by atoms with E-state index in [0.29, 0.717) is 13.1 Å². The van der Waals surface area contributed by atoms with E-state index in [9.17, 15) is 4.79 Å². The highest BCUT2D eigenvalue weighted by Gasteiger charge is 2.08. The average molecular weight is 343 g/mol. The summed E-state index contributed by atoms with van der Waals surface area (Å²) in [4.78, 5) is 18.1. The summed E-state index contributed by atoms with van der Waals surface area (Å²) < 4.78 is 0. The zero-order chi connectivity index (χ0) is 18.2. The Morgan fingerprint density at radius 1 is 1.00 bits per heavy atom. The van der Waals surface area contributed by atoms with E-state index in [1.165, 1.54) is 44.9 Å². The van der Waals surface area contributed by atoms with Crippen LogP contribution in [-0.4, -0.2) is 22.3 Å². The van der Waals surface area contributed by atoms with Crippen molar-refractivity contribution in [2.45, 2.75) is 71.8 Å². The van der Waals surface area contributed by atoms with E-state index in [-0.39, 0.29) is 5.91 Å². The molecule has 0 saturated carbocycles. The van der Waals surface area contributed by atoms with Gasteiger partial charge in [-0.3, -0.25) is 9.78 Å². The minimum atomic E-state index is 0.0555.